The van der Waals surface area contributed by atoms with Crippen molar-refractivity contribution in [2.24, 2.45) is 11.8 Å². The molecule has 0 fully saturated rings. The van der Waals surface area contributed by atoms with Gasteiger partial charge in [-0.05, 0) is 25.3 Å². The van der Waals surface area contributed by atoms with Crippen LogP contribution in [0.5, 0.6) is 0 Å². The van der Waals surface area contributed by atoms with Crippen LogP contribution in [0, 0.1) is 11.8 Å². The van der Waals surface area contributed by atoms with E-state index in [1.165, 1.54) is 25.7 Å². The Hall–Kier alpha value is -0.0400. The lowest BCUT2D eigenvalue weighted by Gasteiger charge is -2.20. The van der Waals surface area contributed by atoms with Crippen molar-refractivity contribution >= 4 is 0 Å². The smallest absolute Gasteiger partial charge is 0.00870 e. The van der Waals surface area contributed by atoms with Gasteiger partial charge < -0.3 is 5.32 Å². The van der Waals surface area contributed by atoms with E-state index in [0.717, 1.165) is 11.8 Å². The van der Waals surface area contributed by atoms with Crippen molar-refractivity contribution in [2.45, 2.75) is 59.4 Å². The fraction of sp³-hybridized carbons (Fsp3) is 1.00. The third kappa shape index (κ3) is 6.09. The van der Waals surface area contributed by atoms with Gasteiger partial charge in [0, 0.05) is 6.04 Å². The highest BCUT2D eigenvalue weighted by atomic mass is 14.9. The zero-order chi connectivity index (χ0) is 10.3. The molecule has 0 bridgehead atoms. The van der Waals surface area contributed by atoms with Gasteiger partial charge in [-0.1, -0.05) is 47.0 Å². The number of nitrogens with one attached hydrogen (secondary N) is 1. The fourth-order valence-corrected chi connectivity index (χ4v) is 1.70. The van der Waals surface area contributed by atoms with Crippen molar-refractivity contribution in [1.82, 2.24) is 5.32 Å². The molecule has 2 atom stereocenters. The number of hydrogen-bond acceptors (Lipinski definition) is 1. The van der Waals surface area contributed by atoms with Crippen molar-refractivity contribution in [3.05, 3.63) is 0 Å². The fourth-order valence-electron chi connectivity index (χ4n) is 1.70. The minimum atomic E-state index is 0.712. The molecule has 1 nitrogen and oxygen atoms in total. The standard InChI is InChI=1S/C12H27N/c1-6-11(4)8-7-9-12(13-5)10(2)3/h10-13H,6-9H2,1-5H3. The molecule has 0 aromatic rings. The maximum absolute atomic E-state index is 3.39. The molecule has 0 heterocycles. The van der Waals surface area contributed by atoms with Gasteiger partial charge in [-0.3, -0.25) is 0 Å². The summed E-state index contributed by atoms with van der Waals surface area (Å²) in [7, 11) is 2.08. The summed E-state index contributed by atoms with van der Waals surface area (Å²) in [5.41, 5.74) is 0. The van der Waals surface area contributed by atoms with Crippen molar-refractivity contribution in [3.63, 3.8) is 0 Å². The molecule has 0 amide bonds. The molecule has 1 heteroatoms. The molecule has 0 aromatic carbocycles. The Bertz CT molecular complexity index is 110. The van der Waals surface area contributed by atoms with E-state index in [2.05, 4.69) is 40.1 Å². The predicted molar refractivity (Wildman–Crippen MR) is 61.0 cm³/mol. The summed E-state index contributed by atoms with van der Waals surface area (Å²) in [6.07, 6.45) is 5.42. The van der Waals surface area contributed by atoms with Gasteiger partial charge in [0.25, 0.3) is 0 Å². The molecule has 13 heavy (non-hydrogen) atoms. The Kier molecular flexibility index (Phi) is 7.35. The molecule has 80 valence electrons. The minimum Gasteiger partial charge on any atom is -0.317 e. The average molecular weight is 185 g/mol. The molecule has 0 radical (unpaired) electrons. The van der Waals surface area contributed by atoms with Gasteiger partial charge >= 0.3 is 0 Å². The lowest BCUT2D eigenvalue weighted by molar-refractivity contribution is 0.371. The van der Waals surface area contributed by atoms with Gasteiger partial charge in [0.1, 0.15) is 0 Å². The Balaban J connectivity index is 3.49. The summed E-state index contributed by atoms with van der Waals surface area (Å²) < 4.78 is 0. The summed E-state index contributed by atoms with van der Waals surface area (Å²) in [4.78, 5) is 0. The van der Waals surface area contributed by atoms with E-state index < -0.39 is 0 Å². The zero-order valence-electron chi connectivity index (χ0n) is 10.1. The van der Waals surface area contributed by atoms with E-state index >= 15 is 0 Å². The third-order valence-electron chi connectivity index (χ3n) is 3.08. The summed E-state index contributed by atoms with van der Waals surface area (Å²) in [6.45, 7) is 9.22. The molecule has 0 saturated carbocycles. The van der Waals surface area contributed by atoms with Gasteiger partial charge in [0.15, 0.2) is 0 Å². The van der Waals surface area contributed by atoms with Gasteiger partial charge in [0.05, 0.1) is 0 Å². The summed E-state index contributed by atoms with van der Waals surface area (Å²) in [5, 5.41) is 3.39. The van der Waals surface area contributed by atoms with Gasteiger partial charge in [-0.15, -0.1) is 0 Å². The second-order valence-electron chi connectivity index (χ2n) is 4.58. The summed E-state index contributed by atoms with van der Waals surface area (Å²) >= 11 is 0. The normalized spacial score (nSPS) is 16.2. The number of hydrogen-bond donors (Lipinski definition) is 1. The first kappa shape index (κ1) is 13.0. The van der Waals surface area contributed by atoms with E-state index in [-0.39, 0.29) is 0 Å². The van der Waals surface area contributed by atoms with Crippen LogP contribution in [0.3, 0.4) is 0 Å². The minimum absolute atomic E-state index is 0.712. The van der Waals surface area contributed by atoms with Crippen LogP contribution in [0.2, 0.25) is 0 Å². The molecule has 0 spiro atoms. The molecule has 0 aromatic heterocycles. The van der Waals surface area contributed by atoms with Crippen LogP contribution in [-0.2, 0) is 0 Å². The van der Waals surface area contributed by atoms with Crippen LogP contribution < -0.4 is 5.32 Å². The topological polar surface area (TPSA) is 12.0 Å². The highest BCUT2D eigenvalue weighted by Crippen LogP contribution is 2.15. The van der Waals surface area contributed by atoms with E-state index in [1.54, 1.807) is 0 Å². The molecule has 0 aliphatic carbocycles. The molecular formula is C12H27N. The predicted octanol–water partition coefficient (Wildman–Crippen LogP) is 3.45. The van der Waals surface area contributed by atoms with Crippen molar-refractivity contribution in [2.75, 3.05) is 7.05 Å². The second kappa shape index (κ2) is 7.37. The van der Waals surface area contributed by atoms with Crippen molar-refractivity contribution < 1.29 is 0 Å². The van der Waals surface area contributed by atoms with E-state index in [0.29, 0.717) is 6.04 Å². The molecule has 0 rings (SSSR count). The molecule has 2 unspecified atom stereocenters. The maximum Gasteiger partial charge on any atom is 0.00870 e. The molecule has 0 aliphatic heterocycles. The first-order valence-corrected chi connectivity index (χ1v) is 5.79. The van der Waals surface area contributed by atoms with Crippen LogP contribution >= 0.6 is 0 Å². The Morgan fingerprint density at radius 1 is 1.08 bits per heavy atom. The highest BCUT2D eigenvalue weighted by Gasteiger charge is 2.10. The molecular weight excluding hydrogens is 158 g/mol. The first-order valence-electron chi connectivity index (χ1n) is 5.79. The Morgan fingerprint density at radius 2 is 1.69 bits per heavy atom. The van der Waals surface area contributed by atoms with Gasteiger partial charge in [0.2, 0.25) is 0 Å². The Labute approximate surface area is 84.3 Å². The molecule has 0 aliphatic rings. The van der Waals surface area contributed by atoms with E-state index in [1.807, 2.05) is 0 Å². The lowest BCUT2D eigenvalue weighted by atomic mass is 9.95. The quantitative estimate of drug-likeness (QED) is 0.640. The van der Waals surface area contributed by atoms with Crippen LogP contribution in [0.1, 0.15) is 53.4 Å². The van der Waals surface area contributed by atoms with Crippen LogP contribution in [0.4, 0.5) is 0 Å². The highest BCUT2D eigenvalue weighted by molar-refractivity contribution is 4.68. The summed E-state index contributed by atoms with van der Waals surface area (Å²) in [5.74, 6) is 1.67. The largest absolute Gasteiger partial charge is 0.317 e. The number of rotatable bonds is 7. The van der Waals surface area contributed by atoms with Gasteiger partial charge in [-0.2, -0.15) is 0 Å². The molecule has 0 saturated heterocycles. The zero-order valence-corrected chi connectivity index (χ0v) is 10.1. The maximum atomic E-state index is 3.39. The van der Waals surface area contributed by atoms with E-state index in [9.17, 15) is 0 Å². The lowest BCUT2D eigenvalue weighted by Crippen LogP contribution is -2.30. The SMILES string of the molecule is CCC(C)CCCC(NC)C(C)C. The second-order valence-corrected chi connectivity index (χ2v) is 4.58. The average Bonchev–Trinajstić information content (AvgIpc) is 2.11. The first-order chi connectivity index (χ1) is 6.11. The van der Waals surface area contributed by atoms with Crippen LogP contribution in [0.25, 0.3) is 0 Å². The molecule has 1 N–H and O–H groups in total. The summed E-state index contributed by atoms with van der Waals surface area (Å²) in [6, 6.07) is 0.712. The van der Waals surface area contributed by atoms with Crippen LogP contribution in [0.15, 0.2) is 0 Å². The monoisotopic (exact) mass is 185 g/mol. The van der Waals surface area contributed by atoms with Crippen molar-refractivity contribution in [3.8, 4) is 0 Å². The third-order valence-corrected chi connectivity index (χ3v) is 3.08. The van der Waals surface area contributed by atoms with E-state index in [4.69, 9.17) is 0 Å². The Morgan fingerprint density at radius 3 is 2.08 bits per heavy atom. The van der Waals surface area contributed by atoms with Crippen LogP contribution in [-0.4, -0.2) is 13.1 Å². The van der Waals surface area contributed by atoms with Crippen molar-refractivity contribution in [1.29, 1.82) is 0 Å². The van der Waals surface area contributed by atoms with Gasteiger partial charge in [-0.25, -0.2) is 0 Å².